The number of hydrogen-bond donors (Lipinski definition) is 1. The Morgan fingerprint density at radius 3 is 2.85 bits per heavy atom. The van der Waals surface area contributed by atoms with E-state index in [9.17, 15) is 14.9 Å². The quantitative estimate of drug-likeness (QED) is 0.397. The van der Waals surface area contributed by atoms with Crippen LogP contribution in [0.3, 0.4) is 0 Å². The van der Waals surface area contributed by atoms with Crippen LogP contribution in [-0.4, -0.2) is 17.0 Å². The Balaban J connectivity index is 2.09. The lowest BCUT2D eigenvalue weighted by Gasteiger charge is -2.26. The van der Waals surface area contributed by atoms with Crippen molar-refractivity contribution in [1.29, 1.82) is 0 Å². The number of carbonyl (C=O) groups is 1. The molecule has 20 heavy (non-hydrogen) atoms. The van der Waals surface area contributed by atoms with E-state index in [0.717, 1.165) is 25.7 Å². The second-order valence-electron chi connectivity index (χ2n) is 5.33. The van der Waals surface area contributed by atoms with Gasteiger partial charge in [0.05, 0.1) is 10.5 Å². The number of nitro benzene ring substituents is 1. The van der Waals surface area contributed by atoms with Crippen LogP contribution in [0.5, 0.6) is 0 Å². The Morgan fingerprint density at radius 2 is 2.20 bits per heavy atom. The minimum absolute atomic E-state index is 0.0397. The Morgan fingerprint density at radius 1 is 1.45 bits per heavy atom. The molecule has 6 nitrogen and oxygen atoms in total. The van der Waals surface area contributed by atoms with Crippen molar-refractivity contribution in [2.24, 2.45) is 5.92 Å². The van der Waals surface area contributed by atoms with Crippen molar-refractivity contribution >= 4 is 17.3 Å². The van der Waals surface area contributed by atoms with E-state index in [4.69, 9.17) is 10.5 Å². The highest BCUT2D eigenvalue weighted by molar-refractivity contribution is 5.91. The molecule has 0 radical (unpaired) electrons. The molecule has 0 amide bonds. The number of nitrogens with zero attached hydrogens (tertiary/aromatic N) is 1. The SMILES string of the molecule is CC1CCCC(OC(=O)c2ccc(N)c([N+](=O)[O-])c2)C1. The molecule has 0 saturated heterocycles. The molecule has 1 saturated carbocycles. The molecule has 0 aromatic heterocycles. The highest BCUT2D eigenvalue weighted by Crippen LogP contribution is 2.27. The van der Waals surface area contributed by atoms with Crippen molar-refractivity contribution in [3.8, 4) is 0 Å². The van der Waals surface area contributed by atoms with Crippen LogP contribution in [0.4, 0.5) is 11.4 Å². The lowest BCUT2D eigenvalue weighted by atomic mass is 9.89. The number of hydrogen-bond acceptors (Lipinski definition) is 5. The first-order valence-electron chi connectivity index (χ1n) is 6.72. The summed E-state index contributed by atoms with van der Waals surface area (Å²) in [6, 6.07) is 3.99. The highest BCUT2D eigenvalue weighted by atomic mass is 16.6. The molecule has 2 N–H and O–H groups in total. The summed E-state index contributed by atoms with van der Waals surface area (Å²) in [6.07, 6.45) is 3.81. The first kappa shape index (κ1) is 14.3. The van der Waals surface area contributed by atoms with Gasteiger partial charge in [0.25, 0.3) is 5.69 Å². The molecule has 1 aromatic carbocycles. The maximum Gasteiger partial charge on any atom is 0.338 e. The Hall–Kier alpha value is -2.11. The highest BCUT2D eigenvalue weighted by Gasteiger charge is 2.24. The second-order valence-corrected chi connectivity index (χ2v) is 5.33. The van der Waals surface area contributed by atoms with Crippen LogP contribution in [0.15, 0.2) is 18.2 Å². The first-order chi connectivity index (χ1) is 9.47. The fraction of sp³-hybridized carbons (Fsp3) is 0.500. The van der Waals surface area contributed by atoms with Crippen molar-refractivity contribution in [2.45, 2.75) is 38.7 Å². The van der Waals surface area contributed by atoms with Gasteiger partial charge in [-0.1, -0.05) is 13.3 Å². The number of nitrogen functional groups attached to an aromatic ring is 1. The molecule has 1 aliphatic carbocycles. The summed E-state index contributed by atoms with van der Waals surface area (Å²) in [4.78, 5) is 22.2. The number of anilines is 1. The largest absolute Gasteiger partial charge is 0.459 e. The van der Waals surface area contributed by atoms with Gasteiger partial charge in [0.15, 0.2) is 0 Å². The molecular formula is C14H18N2O4. The molecule has 0 aliphatic heterocycles. The van der Waals surface area contributed by atoms with Gasteiger partial charge in [0.1, 0.15) is 11.8 Å². The minimum atomic E-state index is -0.602. The number of rotatable bonds is 3. The molecular weight excluding hydrogens is 260 g/mol. The molecule has 1 fully saturated rings. The van der Waals surface area contributed by atoms with Crippen LogP contribution in [0.2, 0.25) is 0 Å². The van der Waals surface area contributed by atoms with Gasteiger partial charge in [0.2, 0.25) is 0 Å². The molecule has 1 aliphatic rings. The Labute approximate surface area is 117 Å². The summed E-state index contributed by atoms with van der Waals surface area (Å²) in [5.41, 5.74) is 5.44. The molecule has 2 unspecified atom stereocenters. The third-order valence-electron chi connectivity index (χ3n) is 3.62. The molecule has 0 spiro atoms. The van der Waals surface area contributed by atoms with Crippen LogP contribution in [-0.2, 0) is 4.74 Å². The summed E-state index contributed by atoms with van der Waals surface area (Å²) in [5, 5.41) is 10.8. The van der Waals surface area contributed by atoms with Crippen LogP contribution < -0.4 is 5.73 Å². The fourth-order valence-corrected chi connectivity index (χ4v) is 2.53. The average molecular weight is 278 g/mol. The summed E-state index contributed by atoms with van der Waals surface area (Å²) in [5.74, 6) is 0.0227. The van der Waals surface area contributed by atoms with E-state index in [1.165, 1.54) is 18.2 Å². The van der Waals surface area contributed by atoms with Gasteiger partial charge in [0, 0.05) is 6.07 Å². The number of ether oxygens (including phenoxy) is 1. The van der Waals surface area contributed by atoms with Gasteiger partial charge < -0.3 is 10.5 Å². The standard InChI is InChI=1S/C14H18N2O4/c1-9-3-2-4-11(7-9)20-14(17)10-5-6-12(15)13(8-10)16(18)19/h5-6,8-9,11H,2-4,7,15H2,1H3. The Kier molecular flexibility index (Phi) is 4.22. The molecule has 2 atom stereocenters. The molecule has 6 heteroatoms. The minimum Gasteiger partial charge on any atom is -0.459 e. The lowest BCUT2D eigenvalue weighted by Crippen LogP contribution is -2.24. The zero-order valence-corrected chi connectivity index (χ0v) is 11.4. The number of esters is 1. The summed E-state index contributed by atoms with van der Waals surface area (Å²) in [7, 11) is 0. The molecule has 0 bridgehead atoms. The van der Waals surface area contributed by atoms with E-state index < -0.39 is 10.9 Å². The number of nitro groups is 1. The van der Waals surface area contributed by atoms with Crippen molar-refractivity contribution in [2.75, 3.05) is 5.73 Å². The molecule has 0 heterocycles. The summed E-state index contributed by atoms with van der Waals surface area (Å²) >= 11 is 0. The zero-order valence-electron chi connectivity index (χ0n) is 11.4. The predicted octanol–water partition coefficient (Wildman–Crippen LogP) is 2.91. The topological polar surface area (TPSA) is 95.5 Å². The van der Waals surface area contributed by atoms with Crippen LogP contribution in [0.1, 0.15) is 43.0 Å². The Bertz CT molecular complexity index is 530. The van der Waals surface area contributed by atoms with Gasteiger partial charge in [-0.3, -0.25) is 10.1 Å². The van der Waals surface area contributed by atoms with E-state index in [2.05, 4.69) is 6.92 Å². The fourth-order valence-electron chi connectivity index (χ4n) is 2.53. The molecule has 1 aromatic rings. The number of benzene rings is 1. The van der Waals surface area contributed by atoms with E-state index in [1.54, 1.807) is 0 Å². The monoisotopic (exact) mass is 278 g/mol. The van der Waals surface area contributed by atoms with Crippen molar-refractivity contribution in [3.63, 3.8) is 0 Å². The van der Waals surface area contributed by atoms with Crippen molar-refractivity contribution in [3.05, 3.63) is 33.9 Å². The van der Waals surface area contributed by atoms with Gasteiger partial charge in [-0.15, -0.1) is 0 Å². The van der Waals surface area contributed by atoms with Crippen molar-refractivity contribution < 1.29 is 14.5 Å². The summed E-state index contributed by atoms with van der Waals surface area (Å²) < 4.78 is 5.42. The smallest absolute Gasteiger partial charge is 0.338 e. The lowest BCUT2D eigenvalue weighted by molar-refractivity contribution is -0.383. The van der Waals surface area contributed by atoms with E-state index >= 15 is 0 Å². The third-order valence-corrected chi connectivity index (χ3v) is 3.62. The maximum absolute atomic E-state index is 12.0. The number of carbonyl (C=O) groups excluding carboxylic acids is 1. The third kappa shape index (κ3) is 3.26. The number of nitrogens with two attached hydrogens (primary N) is 1. The molecule has 108 valence electrons. The normalized spacial score (nSPS) is 22.2. The van der Waals surface area contributed by atoms with Crippen LogP contribution >= 0.6 is 0 Å². The second kappa shape index (κ2) is 5.90. The van der Waals surface area contributed by atoms with E-state index in [1.807, 2.05) is 0 Å². The predicted molar refractivity (Wildman–Crippen MR) is 74.3 cm³/mol. The van der Waals surface area contributed by atoms with E-state index in [-0.39, 0.29) is 23.0 Å². The van der Waals surface area contributed by atoms with Gasteiger partial charge in [-0.05, 0) is 37.3 Å². The van der Waals surface area contributed by atoms with E-state index in [0.29, 0.717) is 5.92 Å². The average Bonchev–Trinajstić information content (AvgIpc) is 2.38. The summed E-state index contributed by atoms with van der Waals surface area (Å²) in [6.45, 7) is 2.13. The maximum atomic E-state index is 12.0. The van der Waals surface area contributed by atoms with Crippen LogP contribution in [0.25, 0.3) is 0 Å². The zero-order chi connectivity index (χ0) is 14.7. The van der Waals surface area contributed by atoms with Gasteiger partial charge in [-0.2, -0.15) is 0 Å². The first-order valence-corrected chi connectivity index (χ1v) is 6.72. The van der Waals surface area contributed by atoms with Crippen LogP contribution in [0, 0.1) is 16.0 Å². The van der Waals surface area contributed by atoms with Gasteiger partial charge in [-0.25, -0.2) is 4.79 Å². The molecule has 2 rings (SSSR count). The van der Waals surface area contributed by atoms with Crippen molar-refractivity contribution in [1.82, 2.24) is 0 Å². The van der Waals surface area contributed by atoms with Gasteiger partial charge >= 0.3 is 5.97 Å².